The average molecular weight is 761 g/mol. The third-order valence-electron chi connectivity index (χ3n) is 8.67. The van der Waals surface area contributed by atoms with Gasteiger partial charge in [0.1, 0.15) is 29.5 Å². The zero-order valence-corrected chi connectivity index (χ0v) is 30.7. The van der Waals surface area contributed by atoms with Gasteiger partial charge in [0.05, 0.1) is 41.6 Å². The van der Waals surface area contributed by atoms with E-state index in [0.717, 1.165) is 11.8 Å². The molecule has 15 heteroatoms. The predicted molar refractivity (Wildman–Crippen MR) is 192 cm³/mol. The molecule has 5 rings (SSSR count). The van der Waals surface area contributed by atoms with Gasteiger partial charge in [0.15, 0.2) is 12.7 Å². The van der Waals surface area contributed by atoms with Crippen molar-refractivity contribution in [1.29, 1.82) is 0 Å². The number of benzene rings is 3. The predicted octanol–water partition coefficient (Wildman–Crippen LogP) is 3.28. The van der Waals surface area contributed by atoms with Gasteiger partial charge in [0, 0.05) is 12.5 Å². The first kappa shape index (κ1) is 39.4. The van der Waals surface area contributed by atoms with Crippen LogP contribution in [-0.4, -0.2) is 87.4 Å². The molecular formula is C39H40N2O12S. The molecule has 0 aromatic heterocycles. The van der Waals surface area contributed by atoms with Crippen molar-refractivity contribution < 1.29 is 56.7 Å². The first-order valence-corrected chi connectivity index (χ1v) is 18.4. The zero-order valence-electron chi connectivity index (χ0n) is 29.9. The number of carbonyl (C=O) groups is 6. The lowest BCUT2D eigenvalue weighted by atomic mass is 9.87. The number of fused-ring (bicyclic) bond motifs is 1. The summed E-state index contributed by atoms with van der Waals surface area (Å²) in [5, 5.41) is 1.05. The molecule has 0 bridgehead atoms. The Hall–Kier alpha value is -5.83. The van der Waals surface area contributed by atoms with Crippen molar-refractivity contribution in [3.8, 4) is 5.75 Å². The fourth-order valence-corrected chi connectivity index (χ4v) is 8.51. The quantitative estimate of drug-likeness (QED) is 0.128. The van der Waals surface area contributed by atoms with Gasteiger partial charge in [0.2, 0.25) is 0 Å². The van der Waals surface area contributed by atoms with E-state index in [0.29, 0.717) is 16.9 Å². The van der Waals surface area contributed by atoms with Gasteiger partial charge in [-0.2, -0.15) is 0 Å². The van der Waals surface area contributed by atoms with Gasteiger partial charge in [-0.1, -0.05) is 78.9 Å². The van der Waals surface area contributed by atoms with Gasteiger partial charge in [-0.15, -0.1) is 0 Å². The summed E-state index contributed by atoms with van der Waals surface area (Å²) in [6, 6.07) is 24.5. The third kappa shape index (κ3) is 8.68. The molecule has 1 saturated heterocycles. The van der Waals surface area contributed by atoms with Crippen LogP contribution in [0, 0.1) is 0 Å². The molecule has 1 fully saturated rings. The van der Waals surface area contributed by atoms with E-state index in [9.17, 15) is 33.0 Å². The average Bonchev–Trinajstić information content (AvgIpc) is 3.16. The van der Waals surface area contributed by atoms with Crippen molar-refractivity contribution in [3.05, 3.63) is 113 Å². The van der Waals surface area contributed by atoms with E-state index < -0.39 is 101 Å². The van der Waals surface area contributed by atoms with Crippen molar-refractivity contribution in [2.75, 3.05) is 26.4 Å². The number of para-hydroxylation sites is 1. The number of carbonyl (C=O) groups excluding carboxylic acids is 6. The summed E-state index contributed by atoms with van der Waals surface area (Å²) in [6.07, 6.45) is -2.53. The van der Waals surface area contributed by atoms with Gasteiger partial charge in [-0.25, -0.2) is 4.79 Å². The van der Waals surface area contributed by atoms with Crippen LogP contribution < -0.4 is 10.1 Å². The fourth-order valence-electron chi connectivity index (χ4n) is 6.30. The molecule has 284 valence electrons. The summed E-state index contributed by atoms with van der Waals surface area (Å²) >= 11 is 0. The molecule has 3 atom stereocenters. The number of rotatable bonds is 16. The Morgan fingerprint density at radius 1 is 0.796 bits per heavy atom. The minimum Gasteiger partial charge on any atom is -0.484 e. The normalized spacial score (nSPS) is 18.5. The number of nitrogens with one attached hydrogen (secondary N) is 1. The van der Waals surface area contributed by atoms with Gasteiger partial charge < -0.3 is 29.0 Å². The largest absolute Gasteiger partial charge is 0.484 e. The number of nitrogens with zero attached hydrogens (tertiary/aromatic N) is 1. The standard InChI is InChI=1S/C39H40N2O12S/c1-4-49-31(44)21-39(22-32(45)50-5-2)29(23-51-25(3)42)34(38(47)53-35(26-15-9-6-10-16-26)27-17-11-7-12-18-27)41-36(46)33(37(41)54(39)48)40-30(43)24-52-28-19-13-8-14-20-28/h6-20,33,35,37H,4-5,21-24H2,1-3H3,(H,40,43)/t33-,37-,54?/m1/s1. The zero-order chi connectivity index (χ0) is 38.8. The summed E-state index contributed by atoms with van der Waals surface area (Å²) in [5.74, 6) is -4.93. The number of esters is 4. The maximum Gasteiger partial charge on any atom is 0.356 e. The number of amides is 2. The van der Waals surface area contributed by atoms with Crippen molar-refractivity contribution in [2.24, 2.45) is 0 Å². The van der Waals surface area contributed by atoms with E-state index >= 15 is 0 Å². The summed E-state index contributed by atoms with van der Waals surface area (Å²) in [7, 11) is -2.46. The van der Waals surface area contributed by atoms with Crippen molar-refractivity contribution >= 4 is 46.5 Å². The fraction of sp³-hybridized carbons (Fsp3) is 0.333. The maximum absolute atomic E-state index is 15.0. The second-order valence-corrected chi connectivity index (χ2v) is 14.1. The van der Waals surface area contributed by atoms with Crippen molar-refractivity contribution in [3.63, 3.8) is 0 Å². The molecule has 2 aliphatic heterocycles. The first-order chi connectivity index (χ1) is 26.0. The highest BCUT2D eigenvalue weighted by atomic mass is 32.2. The molecule has 1 unspecified atom stereocenters. The van der Waals surface area contributed by atoms with Crippen LogP contribution in [0.25, 0.3) is 0 Å². The molecule has 1 N–H and O–H groups in total. The molecule has 0 aliphatic carbocycles. The SMILES string of the molecule is CCOC(=O)CC1(CC(=O)OCC)C(COC(C)=O)=C(C(=O)OC(c2ccccc2)c2ccccc2)N2C(=O)[C@@H](NC(=O)COc3ccccc3)[C@H]2S1=O. The highest BCUT2D eigenvalue weighted by molar-refractivity contribution is 7.87. The minimum absolute atomic E-state index is 0.0805. The lowest BCUT2D eigenvalue weighted by molar-refractivity contribution is -0.156. The Labute approximate surface area is 314 Å². The van der Waals surface area contributed by atoms with Crippen LogP contribution in [0.3, 0.4) is 0 Å². The van der Waals surface area contributed by atoms with Crippen LogP contribution in [0.2, 0.25) is 0 Å². The molecule has 2 heterocycles. The summed E-state index contributed by atoms with van der Waals surface area (Å²) < 4.78 is 40.4. The lowest BCUT2D eigenvalue weighted by Crippen LogP contribution is -2.76. The number of ether oxygens (including phenoxy) is 5. The van der Waals surface area contributed by atoms with E-state index in [1.807, 2.05) is 0 Å². The van der Waals surface area contributed by atoms with Gasteiger partial charge in [-0.3, -0.25) is 33.1 Å². The van der Waals surface area contributed by atoms with Crippen molar-refractivity contribution in [2.45, 2.75) is 55.9 Å². The third-order valence-corrected chi connectivity index (χ3v) is 10.9. The molecule has 3 aromatic carbocycles. The number of hydrogen-bond acceptors (Lipinski definition) is 12. The summed E-state index contributed by atoms with van der Waals surface area (Å²) in [4.78, 5) is 81.7. The van der Waals surface area contributed by atoms with E-state index in [1.54, 1.807) is 105 Å². The van der Waals surface area contributed by atoms with Crippen LogP contribution >= 0.6 is 0 Å². The molecule has 2 amide bonds. The molecular weight excluding hydrogens is 720 g/mol. The molecule has 0 spiro atoms. The first-order valence-electron chi connectivity index (χ1n) is 17.2. The van der Waals surface area contributed by atoms with Crippen LogP contribution in [-0.2, 0) is 58.5 Å². The van der Waals surface area contributed by atoms with Gasteiger partial charge in [-0.05, 0) is 37.1 Å². The number of β-lactam (4-membered cyclic amide) rings is 1. The highest BCUT2D eigenvalue weighted by Crippen LogP contribution is 2.48. The molecule has 14 nitrogen and oxygen atoms in total. The summed E-state index contributed by atoms with van der Waals surface area (Å²) in [6.45, 7) is 2.76. The molecule has 0 radical (unpaired) electrons. The van der Waals surface area contributed by atoms with Crippen LogP contribution in [0.1, 0.15) is 50.8 Å². The van der Waals surface area contributed by atoms with E-state index in [4.69, 9.17) is 23.7 Å². The highest BCUT2D eigenvalue weighted by Gasteiger charge is 2.65. The van der Waals surface area contributed by atoms with Crippen LogP contribution in [0.4, 0.5) is 0 Å². The second kappa shape index (κ2) is 17.8. The number of hydrogen-bond donors (Lipinski definition) is 1. The van der Waals surface area contributed by atoms with Gasteiger partial charge in [0.25, 0.3) is 11.8 Å². The summed E-state index contributed by atoms with van der Waals surface area (Å²) in [5.41, 5.74) is 0.349. The molecule has 2 aliphatic rings. The van der Waals surface area contributed by atoms with E-state index in [1.165, 1.54) is 0 Å². The Morgan fingerprint density at radius 3 is 1.81 bits per heavy atom. The monoisotopic (exact) mass is 760 g/mol. The maximum atomic E-state index is 15.0. The van der Waals surface area contributed by atoms with Crippen LogP contribution in [0.15, 0.2) is 102 Å². The van der Waals surface area contributed by atoms with Crippen molar-refractivity contribution in [1.82, 2.24) is 10.2 Å². The Kier molecular flexibility index (Phi) is 13.0. The topological polar surface area (TPSA) is 181 Å². The van der Waals surface area contributed by atoms with E-state index in [2.05, 4.69) is 5.32 Å². The molecule has 54 heavy (non-hydrogen) atoms. The van der Waals surface area contributed by atoms with E-state index in [-0.39, 0.29) is 18.8 Å². The lowest BCUT2D eigenvalue weighted by Gasteiger charge is -2.54. The molecule has 3 aromatic rings. The van der Waals surface area contributed by atoms with Crippen LogP contribution in [0.5, 0.6) is 5.75 Å². The van der Waals surface area contributed by atoms with Gasteiger partial charge >= 0.3 is 23.9 Å². The Balaban J connectivity index is 1.65. The Morgan fingerprint density at radius 2 is 1.31 bits per heavy atom. The minimum atomic E-state index is -2.46. The molecule has 0 saturated carbocycles. The Bertz CT molecular complexity index is 1860. The smallest absolute Gasteiger partial charge is 0.356 e. The second-order valence-electron chi connectivity index (χ2n) is 12.2.